The molecule has 0 aromatic heterocycles. The highest BCUT2D eigenvalue weighted by Crippen LogP contribution is 2.28. The van der Waals surface area contributed by atoms with E-state index in [1.807, 2.05) is 0 Å². The van der Waals surface area contributed by atoms with Crippen LogP contribution in [0, 0.1) is 17.3 Å². The summed E-state index contributed by atoms with van der Waals surface area (Å²) in [7, 11) is 1.44. The number of likely N-dealkylation sites (N-methyl/N-ethyl adjacent to an activating group) is 1. The van der Waals surface area contributed by atoms with Crippen molar-refractivity contribution in [3.63, 3.8) is 0 Å². The largest absolute Gasteiger partial charge is 0.446 e. The Bertz CT molecular complexity index is 717. The van der Waals surface area contributed by atoms with E-state index < -0.39 is 53.4 Å². The van der Waals surface area contributed by atoms with Gasteiger partial charge in [0.2, 0.25) is 11.8 Å². The van der Waals surface area contributed by atoms with Gasteiger partial charge in [-0.15, -0.1) is 0 Å². The number of hydroxylamine groups is 1. The van der Waals surface area contributed by atoms with E-state index in [0.717, 1.165) is 32.1 Å². The number of rotatable bonds is 10. The minimum Gasteiger partial charge on any atom is -0.446 e. The molecule has 0 radical (unpaired) electrons. The SMILES string of the molecule is CNC(=O)[C@@H](NC(=O)[C@@H](CC(C)C)[C@](O)(COC(=O)NC1CCCCC1)C(=O)NO)C(C)(C)C. The van der Waals surface area contributed by atoms with Gasteiger partial charge in [0.25, 0.3) is 5.91 Å². The van der Waals surface area contributed by atoms with E-state index in [-0.39, 0.29) is 18.4 Å². The van der Waals surface area contributed by atoms with Crippen molar-refractivity contribution in [1.29, 1.82) is 0 Å². The van der Waals surface area contributed by atoms with Crippen molar-refractivity contribution >= 4 is 23.8 Å². The molecule has 0 saturated heterocycles. The summed E-state index contributed by atoms with van der Waals surface area (Å²) in [4.78, 5) is 50.6. The maximum atomic E-state index is 13.3. The number of amides is 4. The normalized spacial score (nSPS) is 18.3. The Morgan fingerprint density at radius 2 is 1.62 bits per heavy atom. The van der Waals surface area contributed by atoms with Gasteiger partial charge in [-0.1, -0.05) is 53.9 Å². The first-order valence-corrected chi connectivity index (χ1v) is 11.9. The molecular weight excluding hydrogens is 444 g/mol. The Balaban J connectivity index is 3.13. The number of carbonyl (C=O) groups is 4. The number of ether oxygens (including phenoxy) is 1. The lowest BCUT2D eigenvalue weighted by atomic mass is 9.79. The van der Waals surface area contributed by atoms with Crippen LogP contribution in [0.4, 0.5) is 4.79 Å². The van der Waals surface area contributed by atoms with Crippen molar-refractivity contribution in [2.75, 3.05) is 13.7 Å². The summed E-state index contributed by atoms with van der Waals surface area (Å²) in [6.45, 7) is 7.99. The van der Waals surface area contributed by atoms with E-state index in [1.54, 1.807) is 34.6 Å². The highest BCUT2D eigenvalue weighted by atomic mass is 16.6. The molecule has 1 fully saturated rings. The maximum Gasteiger partial charge on any atom is 0.407 e. The molecule has 1 aliphatic rings. The highest BCUT2D eigenvalue weighted by molar-refractivity contribution is 5.95. The van der Waals surface area contributed by atoms with E-state index in [9.17, 15) is 29.5 Å². The lowest BCUT2D eigenvalue weighted by Crippen LogP contribution is -2.62. The second-order valence-electron chi connectivity index (χ2n) is 10.5. The van der Waals surface area contributed by atoms with Gasteiger partial charge in [-0.2, -0.15) is 0 Å². The molecule has 0 bridgehead atoms. The fourth-order valence-electron chi connectivity index (χ4n) is 4.10. The molecule has 0 spiro atoms. The van der Waals surface area contributed by atoms with Crippen molar-refractivity contribution in [3.8, 4) is 0 Å². The average molecular weight is 487 g/mol. The molecule has 6 N–H and O–H groups in total. The molecule has 11 nitrogen and oxygen atoms in total. The average Bonchev–Trinajstić information content (AvgIpc) is 2.77. The first kappa shape index (κ1) is 29.6. The van der Waals surface area contributed by atoms with Crippen LogP contribution < -0.4 is 21.4 Å². The molecule has 1 rings (SSSR count). The molecule has 3 atom stereocenters. The Hall–Kier alpha value is -2.40. The molecule has 11 heteroatoms. The topological polar surface area (TPSA) is 166 Å². The Labute approximate surface area is 201 Å². The zero-order valence-electron chi connectivity index (χ0n) is 21.2. The van der Waals surface area contributed by atoms with Crippen molar-refractivity contribution in [1.82, 2.24) is 21.4 Å². The second kappa shape index (κ2) is 12.9. The molecule has 34 heavy (non-hydrogen) atoms. The predicted molar refractivity (Wildman–Crippen MR) is 125 cm³/mol. The summed E-state index contributed by atoms with van der Waals surface area (Å²) in [6.07, 6.45) is 3.88. The molecule has 196 valence electrons. The van der Waals surface area contributed by atoms with E-state index in [0.29, 0.717) is 0 Å². The van der Waals surface area contributed by atoms with Gasteiger partial charge in [-0.05, 0) is 30.6 Å². The summed E-state index contributed by atoms with van der Waals surface area (Å²) in [5.74, 6) is -4.08. The van der Waals surface area contributed by atoms with Crippen LogP contribution in [0.25, 0.3) is 0 Å². The molecule has 0 heterocycles. The summed E-state index contributed by atoms with van der Waals surface area (Å²) in [5.41, 5.74) is -1.87. The first-order chi connectivity index (χ1) is 15.8. The standard InChI is InChI=1S/C23H42N4O7/c1-14(2)12-16(18(28)26-17(19(29)24-6)22(3,4)5)23(32,20(30)27-33)13-34-21(31)25-15-10-8-7-9-11-15/h14-17,32-33H,7-13H2,1-6H3,(H,24,29)(H,25,31)(H,26,28)(H,27,30)/t16-,17-,23-/m1/s1. The van der Waals surface area contributed by atoms with Gasteiger partial charge in [0.05, 0.1) is 5.92 Å². The van der Waals surface area contributed by atoms with E-state index in [4.69, 9.17) is 4.74 Å². The van der Waals surface area contributed by atoms with Gasteiger partial charge >= 0.3 is 6.09 Å². The van der Waals surface area contributed by atoms with E-state index in [2.05, 4.69) is 16.0 Å². The fraction of sp³-hybridized carbons (Fsp3) is 0.826. The lowest BCUT2D eigenvalue weighted by Gasteiger charge is -2.36. The molecule has 1 saturated carbocycles. The van der Waals surface area contributed by atoms with Gasteiger partial charge in [0.15, 0.2) is 5.60 Å². The number of hydrogen-bond donors (Lipinski definition) is 6. The quantitative estimate of drug-likeness (QED) is 0.199. The van der Waals surface area contributed by atoms with Crippen LogP contribution in [0.3, 0.4) is 0 Å². The van der Waals surface area contributed by atoms with Crippen LogP contribution in [0.2, 0.25) is 0 Å². The fourth-order valence-corrected chi connectivity index (χ4v) is 4.10. The second-order valence-corrected chi connectivity index (χ2v) is 10.5. The summed E-state index contributed by atoms with van der Waals surface area (Å²) < 4.78 is 5.16. The van der Waals surface area contributed by atoms with Crippen LogP contribution in [-0.4, -0.2) is 65.5 Å². The number of alkyl carbamates (subject to hydrolysis) is 1. The third kappa shape index (κ3) is 8.43. The van der Waals surface area contributed by atoms with Gasteiger partial charge in [0.1, 0.15) is 12.6 Å². The predicted octanol–water partition coefficient (Wildman–Crippen LogP) is 1.22. The summed E-state index contributed by atoms with van der Waals surface area (Å²) in [5, 5.41) is 28.4. The monoisotopic (exact) mass is 486 g/mol. The Kier molecular flexibility index (Phi) is 11.2. The van der Waals surface area contributed by atoms with Gasteiger partial charge < -0.3 is 25.8 Å². The van der Waals surface area contributed by atoms with Crippen LogP contribution in [0.1, 0.15) is 73.1 Å². The van der Waals surface area contributed by atoms with E-state index >= 15 is 0 Å². The molecule has 1 aliphatic carbocycles. The first-order valence-electron chi connectivity index (χ1n) is 11.9. The van der Waals surface area contributed by atoms with E-state index in [1.165, 1.54) is 12.5 Å². The summed E-state index contributed by atoms with van der Waals surface area (Å²) >= 11 is 0. The number of aliphatic hydroxyl groups is 1. The zero-order valence-corrected chi connectivity index (χ0v) is 21.2. The van der Waals surface area contributed by atoms with Crippen molar-refractivity contribution in [3.05, 3.63) is 0 Å². The minimum atomic E-state index is -2.57. The smallest absolute Gasteiger partial charge is 0.407 e. The third-order valence-corrected chi connectivity index (χ3v) is 6.11. The van der Waals surface area contributed by atoms with Crippen molar-refractivity contribution in [2.24, 2.45) is 17.3 Å². The molecule has 0 aromatic rings. The number of carbonyl (C=O) groups excluding carboxylic acids is 4. The minimum absolute atomic E-state index is 0.0218. The molecular formula is C23H42N4O7. The number of hydrogen-bond acceptors (Lipinski definition) is 7. The summed E-state index contributed by atoms with van der Waals surface area (Å²) in [6, 6.07) is -1.02. The van der Waals surface area contributed by atoms with Gasteiger partial charge in [-0.3, -0.25) is 19.6 Å². The molecule has 0 unspecified atom stereocenters. The van der Waals surface area contributed by atoms with Gasteiger partial charge in [-0.25, -0.2) is 10.3 Å². The third-order valence-electron chi connectivity index (χ3n) is 6.11. The molecule has 0 aromatic carbocycles. The van der Waals surface area contributed by atoms with Crippen LogP contribution in [0.5, 0.6) is 0 Å². The van der Waals surface area contributed by atoms with Crippen molar-refractivity contribution in [2.45, 2.75) is 90.8 Å². The lowest BCUT2D eigenvalue weighted by molar-refractivity contribution is -0.167. The maximum absolute atomic E-state index is 13.3. The zero-order chi connectivity index (χ0) is 26.1. The Morgan fingerprint density at radius 1 is 1.03 bits per heavy atom. The van der Waals surface area contributed by atoms with Crippen LogP contribution in [-0.2, 0) is 19.1 Å². The highest BCUT2D eigenvalue weighted by Gasteiger charge is 2.50. The Morgan fingerprint density at radius 3 is 2.09 bits per heavy atom. The van der Waals surface area contributed by atoms with Gasteiger partial charge in [0, 0.05) is 13.1 Å². The van der Waals surface area contributed by atoms with Crippen LogP contribution in [0.15, 0.2) is 0 Å². The van der Waals surface area contributed by atoms with Crippen LogP contribution >= 0.6 is 0 Å². The molecule has 0 aliphatic heterocycles. The van der Waals surface area contributed by atoms with Crippen molar-refractivity contribution < 1.29 is 34.2 Å². The number of nitrogens with one attached hydrogen (secondary N) is 4. The molecule has 4 amide bonds.